The quantitative estimate of drug-likeness (QED) is 0.821. The van der Waals surface area contributed by atoms with Gasteiger partial charge >= 0.3 is 0 Å². The first kappa shape index (κ1) is 11.9. The van der Waals surface area contributed by atoms with E-state index in [1.807, 2.05) is 6.07 Å². The van der Waals surface area contributed by atoms with Gasteiger partial charge in [-0.2, -0.15) is 8.78 Å². The van der Waals surface area contributed by atoms with Crippen molar-refractivity contribution < 1.29 is 8.78 Å². The van der Waals surface area contributed by atoms with Crippen LogP contribution in [0.15, 0.2) is 29.2 Å². The highest BCUT2D eigenvalue weighted by Crippen LogP contribution is 2.60. The van der Waals surface area contributed by atoms with Gasteiger partial charge in [0.1, 0.15) is 0 Å². The maximum atomic E-state index is 12.2. The van der Waals surface area contributed by atoms with Crippen molar-refractivity contribution in [3.63, 3.8) is 0 Å². The van der Waals surface area contributed by atoms with Crippen LogP contribution in [0, 0.1) is 5.41 Å². The lowest BCUT2D eigenvalue weighted by atomic mass is 9.97. The van der Waals surface area contributed by atoms with Crippen LogP contribution in [0.2, 0.25) is 0 Å². The Labute approximate surface area is 98.4 Å². The minimum Gasteiger partial charge on any atom is -0.321 e. The maximum Gasteiger partial charge on any atom is 0.288 e. The van der Waals surface area contributed by atoms with E-state index in [9.17, 15) is 8.78 Å². The van der Waals surface area contributed by atoms with Crippen LogP contribution in [-0.2, 0) is 5.54 Å². The second-order valence-electron chi connectivity index (χ2n) is 4.94. The zero-order valence-corrected chi connectivity index (χ0v) is 10.2. The molecule has 1 unspecified atom stereocenters. The van der Waals surface area contributed by atoms with Gasteiger partial charge in [0.15, 0.2) is 0 Å². The highest BCUT2D eigenvalue weighted by Gasteiger charge is 2.59. The molecule has 16 heavy (non-hydrogen) atoms. The molecule has 0 radical (unpaired) electrons. The van der Waals surface area contributed by atoms with Gasteiger partial charge in [-0.1, -0.05) is 37.7 Å². The van der Waals surface area contributed by atoms with Gasteiger partial charge in [0.25, 0.3) is 5.76 Å². The average molecular weight is 243 g/mol. The van der Waals surface area contributed by atoms with Crippen LogP contribution in [-0.4, -0.2) is 5.76 Å². The molecule has 1 aliphatic rings. The summed E-state index contributed by atoms with van der Waals surface area (Å²) in [6.07, 6.45) is 0.906. The van der Waals surface area contributed by atoms with Crippen molar-refractivity contribution in [2.24, 2.45) is 11.1 Å². The average Bonchev–Trinajstić information content (AvgIpc) is 2.67. The van der Waals surface area contributed by atoms with E-state index in [1.165, 1.54) is 0 Å². The largest absolute Gasteiger partial charge is 0.321 e. The highest BCUT2D eigenvalue weighted by molar-refractivity contribution is 7.99. The SMILES string of the molecule is CC1(C)CC1(N)c1cccc(SC(F)F)c1. The van der Waals surface area contributed by atoms with Gasteiger partial charge in [-0.25, -0.2) is 0 Å². The molecule has 0 bridgehead atoms. The molecule has 88 valence electrons. The lowest BCUT2D eigenvalue weighted by Crippen LogP contribution is -2.25. The lowest BCUT2D eigenvalue weighted by Gasteiger charge is -2.16. The van der Waals surface area contributed by atoms with Crippen LogP contribution in [0.4, 0.5) is 8.78 Å². The molecule has 1 atom stereocenters. The van der Waals surface area contributed by atoms with Crippen LogP contribution in [0.3, 0.4) is 0 Å². The molecule has 0 saturated heterocycles. The van der Waals surface area contributed by atoms with E-state index in [0.29, 0.717) is 16.7 Å². The van der Waals surface area contributed by atoms with Crippen molar-refractivity contribution in [3.8, 4) is 0 Å². The standard InChI is InChI=1S/C12H15F2NS/c1-11(2)7-12(11,15)8-4-3-5-9(6-8)16-10(13)14/h3-6,10H,7,15H2,1-2H3. The second-order valence-corrected chi connectivity index (χ2v) is 6.00. The van der Waals surface area contributed by atoms with Crippen molar-refractivity contribution >= 4 is 11.8 Å². The summed E-state index contributed by atoms with van der Waals surface area (Å²) in [7, 11) is 0. The minimum atomic E-state index is -2.38. The van der Waals surface area contributed by atoms with Gasteiger partial charge in [0, 0.05) is 10.4 Å². The Morgan fingerprint density at radius 2 is 2.00 bits per heavy atom. The van der Waals surface area contributed by atoms with Crippen molar-refractivity contribution in [2.75, 3.05) is 0 Å². The first-order chi connectivity index (χ1) is 7.35. The molecular weight excluding hydrogens is 228 g/mol. The van der Waals surface area contributed by atoms with Gasteiger partial charge in [-0.3, -0.25) is 0 Å². The number of benzene rings is 1. The van der Waals surface area contributed by atoms with E-state index in [2.05, 4.69) is 13.8 Å². The van der Waals surface area contributed by atoms with E-state index >= 15 is 0 Å². The molecule has 2 rings (SSSR count). The van der Waals surface area contributed by atoms with Crippen LogP contribution in [0.25, 0.3) is 0 Å². The van der Waals surface area contributed by atoms with Gasteiger partial charge in [0.2, 0.25) is 0 Å². The predicted octanol–water partition coefficient (Wildman–Crippen LogP) is 3.59. The first-order valence-electron chi connectivity index (χ1n) is 5.19. The van der Waals surface area contributed by atoms with Gasteiger partial charge in [-0.15, -0.1) is 0 Å². The number of rotatable bonds is 3. The Hall–Kier alpha value is -0.610. The minimum absolute atomic E-state index is 0.0706. The Morgan fingerprint density at radius 1 is 1.38 bits per heavy atom. The van der Waals surface area contributed by atoms with E-state index in [0.717, 1.165) is 12.0 Å². The fourth-order valence-corrected chi connectivity index (χ4v) is 2.65. The summed E-state index contributed by atoms with van der Waals surface area (Å²) in [4.78, 5) is 0.583. The van der Waals surface area contributed by atoms with Crippen LogP contribution >= 0.6 is 11.8 Å². The Bertz CT molecular complexity index is 406. The van der Waals surface area contributed by atoms with Gasteiger partial charge in [0.05, 0.1) is 0 Å². The van der Waals surface area contributed by atoms with Gasteiger partial charge < -0.3 is 5.73 Å². The van der Waals surface area contributed by atoms with Crippen LogP contribution in [0.1, 0.15) is 25.8 Å². The molecule has 0 heterocycles. The Kier molecular flexibility index (Phi) is 2.75. The van der Waals surface area contributed by atoms with Crippen LogP contribution < -0.4 is 5.73 Å². The molecule has 0 amide bonds. The van der Waals surface area contributed by atoms with E-state index in [-0.39, 0.29) is 11.0 Å². The van der Waals surface area contributed by atoms with E-state index in [4.69, 9.17) is 5.73 Å². The number of hydrogen-bond acceptors (Lipinski definition) is 2. The summed E-state index contributed by atoms with van der Waals surface area (Å²) in [5, 5.41) is 0. The van der Waals surface area contributed by atoms with Gasteiger partial charge in [-0.05, 0) is 29.5 Å². The van der Waals surface area contributed by atoms with Crippen molar-refractivity contribution in [1.82, 2.24) is 0 Å². The third-order valence-electron chi connectivity index (χ3n) is 3.38. The summed E-state index contributed by atoms with van der Waals surface area (Å²) in [6.45, 7) is 4.19. The normalized spacial score (nSPS) is 27.1. The third kappa shape index (κ3) is 1.96. The van der Waals surface area contributed by atoms with E-state index in [1.54, 1.807) is 18.2 Å². The Balaban J connectivity index is 2.24. The summed E-state index contributed by atoms with van der Waals surface area (Å²) >= 11 is 0.568. The summed E-state index contributed by atoms with van der Waals surface area (Å²) < 4.78 is 24.5. The fourth-order valence-electron chi connectivity index (χ4n) is 2.10. The number of hydrogen-bond donors (Lipinski definition) is 1. The molecule has 1 aromatic carbocycles. The molecule has 1 saturated carbocycles. The van der Waals surface area contributed by atoms with Crippen LogP contribution in [0.5, 0.6) is 0 Å². The topological polar surface area (TPSA) is 26.0 Å². The molecule has 0 spiro atoms. The second kappa shape index (κ2) is 3.70. The molecule has 0 aromatic heterocycles. The highest BCUT2D eigenvalue weighted by atomic mass is 32.2. The fraction of sp³-hybridized carbons (Fsp3) is 0.500. The molecule has 4 heteroatoms. The number of nitrogens with two attached hydrogens (primary N) is 1. The lowest BCUT2D eigenvalue weighted by molar-refractivity contribution is 0.252. The van der Waals surface area contributed by atoms with Crippen molar-refractivity contribution in [1.29, 1.82) is 0 Å². The Morgan fingerprint density at radius 3 is 2.50 bits per heavy atom. The number of alkyl halides is 2. The summed E-state index contributed by atoms with van der Waals surface area (Å²) in [5.74, 6) is -2.38. The molecule has 1 aliphatic carbocycles. The predicted molar refractivity (Wildman–Crippen MR) is 62.6 cm³/mol. The zero-order chi connectivity index (χ0) is 12.0. The maximum absolute atomic E-state index is 12.2. The third-order valence-corrected chi connectivity index (χ3v) is 4.08. The first-order valence-corrected chi connectivity index (χ1v) is 6.07. The number of thioether (sulfide) groups is 1. The summed E-state index contributed by atoms with van der Waals surface area (Å²) in [5.41, 5.74) is 6.94. The van der Waals surface area contributed by atoms with Crippen molar-refractivity contribution in [2.45, 2.75) is 36.5 Å². The van der Waals surface area contributed by atoms with E-state index < -0.39 is 5.76 Å². The molecule has 1 fully saturated rings. The smallest absolute Gasteiger partial charge is 0.288 e. The molecule has 1 aromatic rings. The monoisotopic (exact) mass is 243 g/mol. The summed E-state index contributed by atoms with van der Waals surface area (Å²) in [6, 6.07) is 7.19. The zero-order valence-electron chi connectivity index (χ0n) is 9.34. The van der Waals surface area contributed by atoms with Crippen molar-refractivity contribution in [3.05, 3.63) is 29.8 Å². The molecule has 1 nitrogen and oxygen atoms in total. The molecule has 0 aliphatic heterocycles. The molecule has 2 N–H and O–H groups in total. The molecular formula is C12H15F2NS. The number of halogens is 2.